The molecule has 1 aliphatic carbocycles. The van der Waals surface area contributed by atoms with Gasteiger partial charge in [0.15, 0.2) is 0 Å². The molecule has 1 heterocycles. The lowest BCUT2D eigenvalue weighted by Gasteiger charge is -2.34. The lowest BCUT2D eigenvalue weighted by molar-refractivity contribution is -0.131. The van der Waals surface area contributed by atoms with Gasteiger partial charge in [0.1, 0.15) is 0 Å². The highest BCUT2D eigenvalue weighted by Gasteiger charge is 2.32. The van der Waals surface area contributed by atoms with Crippen LogP contribution in [0.15, 0.2) is 0 Å². The molecule has 2 amide bonds. The van der Waals surface area contributed by atoms with E-state index in [0.717, 1.165) is 13.1 Å². The van der Waals surface area contributed by atoms with Crippen LogP contribution in [0.3, 0.4) is 0 Å². The molecular formula is C12H21N3O4S. The molecule has 0 bridgehead atoms. The molecule has 0 aromatic rings. The first kappa shape index (κ1) is 15.2. The third-order valence-corrected chi connectivity index (χ3v) is 5.25. The van der Waals surface area contributed by atoms with E-state index >= 15 is 0 Å². The van der Waals surface area contributed by atoms with Crippen LogP contribution in [-0.2, 0) is 14.6 Å². The van der Waals surface area contributed by atoms with Gasteiger partial charge in [-0.25, -0.2) is 8.42 Å². The van der Waals surface area contributed by atoms with Crippen molar-refractivity contribution in [3.63, 3.8) is 0 Å². The van der Waals surface area contributed by atoms with E-state index in [0.29, 0.717) is 19.1 Å². The minimum atomic E-state index is -3.77. The van der Waals surface area contributed by atoms with E-state index in [4.69, 9.17) is 0 Å². The van der Waals surface area contributed by atoms with Crippen molar-refractivity contribution in [1.29, 1.82) is 0 Å². The van der Waals surface area contributed by atoms with Crippen LogP contribution < -0.4 is 5.32 Å². The highest BCUT2D eigenvalue weighted by molar-refractivity contribution is 8.05. The van der Waals surface area contributed by atoms with Crippen LogP contribution >= 0.6 is 0 Å². The number of hydrogen-bond acceptors (Lipinski definition) is 5. The van der Waals surface area contributed by atoms with Crippen LogP contribution in [0.5, 0.6) is 0 Å². The van der Waals surface area contributed by atoms with Crippen molar-refractivity contribution < 1.29 is 18.0 Å². The topological polar surface area (TPSA) is 86.8 Å². The van der Waals surface area contributed by atoms with Gasteiger partial charge in [-0.1, -0.05) is 6.92 Å². The predicted octanol–water partition coefficient (Wildman–Crippen LogP) is -0.563. The van der Waals surface area contributed by atoms with Gasteiger partial charge in [0.05, 0.1) is 12.3 Å². The van der Waals surface area contributed by atoms with E-state index in [-0.39, 0.29) is 18.2 Å². The smallest absolute Gasteiger partial charge is 0.336 e. The summed E-state index contributed by atoms with van der Waals surface area (Å²) in [6.07, 6.45) is 2.50. The number of nitrogens with one attached hydrogen (secondary N) is 1. The fraction of sp³-hybridized carbons (Fsp3) is 0.833. The SMILES string of the molecule is CCS(=O)(=O)C(=O)NCC(=O)N1CCN(C2CC2)CC1. The lowest BCUT2D eigenvalue weighted by atomic mass is 10.3. The average molecular weight is 303 g/mol. The van der Waals surface area contributed by atoms with Crippen molar-refractivity contribution in [2.24, 2.45) is 0 Å². The largest absolute Gasteiger partial charge is 0.339 e. The molecule has 2 aliphatic rings. The third-order valence-electron chi connectivity index (χ3n) is 3.78. The fourth-order valence-electron chi connectivity index (χ4n) is 2.28. The number of sulfone groups is 1. The van der Waals surface area contributed by atoms with E-state index in [1.54, 1.807) is 4.90 Å². The van der Waals surface area contributed by atoms with Gasteiger partial charge >= 0.3 is 5.24 Å². The highest BCUT2D eigenvalue weighted by atomic mass is 32.2. The van der Waals surface area contributed by atoms with Gasteiger partial charge in [-0.2, -0.15) is 0 Å². The third kappa shape index (κ3) is 3.69. The number of nitrogens with zero attached hydrogens (tertiary/aromatic N) is 2. The van der Waals surface area contributed by atoms with Crippen LogP contribution in [0.4, 0.5) is 4.79 Å². The molecule has 7 nitrogen and oxygen atoms in total. The Kier molecular flexibility index (Phi) is 4.64. The lowest BCUT2D eigenvalue weighted by Crippen LogP contribution is -2.51. The molecule has 0 radical (unpaired) electrons. The molecule has 2 fully saturated rings. The van der Waals surface area contributed by atoms with Crippen molar-refractivity contribution in [2.75, 3.05) is 38.5 Å². The van der Waals surface area contributed by atoms with E-state index in [9.17, 15) is 18.0 Å². The number of carbonyl (C=O) groups excluding carboxylic acids is 2. The molecule has 0 atom stereocenters. The van der Waals surface area contributed by atoms with Crippen LogP contribution in [-0.4, -0.2) is 73.9 Å². The van der Waals surface area contributed by atoms with Gasteiger partial charge < -0.3 is 10.2 Å². The Morgan fingerprint density at radius 3 is 2.25 bits per heavy atom. The molecule has 8 heteroatoms. The van der Waals surface area contributed by atoms with Gasteiger partial charge in [0.25, 0.3) is 0 Å². The summed E-state index contributed by atoms with van der Waals surface area (Å²) in [6, 6.07) is 0.696. The Labute approximate surface area is 119 Å². The average Bonchev–Trinajstić information content (AvgIpc) is 3.29. The summed E-state index contributed by atoms with van der Waals surface area (Å²) in [5.41, 5.74) is 0. The second-order valence-corrected chi connectivity index (χ2v) is 7.37. The number of piperazine rings is 1. The molecule has 1 saturated carbocycles. The van der Waals surface area contributed by atoms with Crippen LogP contribution in [0.2, 0.25) is 0 Å². The van der Waals surface area contributed by atoms with Crippen molar-refractivity contribution in [2.45, 2.75) is 25.8 Å². The maximum absolute atomic E-state index is 11.9. The molecule has 1 saturated heterocycles. The Balaban J connectivity index is 1.74. The molecule has 2 rings (SSSR count). The number of carbonyl (C=O) groups is 2. The first-order chi connectivity index (χ1) is 9.44. The van der Waals surface area contributed by atoms with Gasteiger partial charge in [-0.3, -0.25) is 14.5 Å². The van der Waals surface area contributed by atoms with E-state index < -0.39 is 15.1 Å². The zero-order chi connectivity index (χ0) is 14.8. The van der Waals surface area contributed by atoms with E-state index in [1.165, 1.54) is 19.8 Å². The Hall–Kier alpha value is -1.15. The van der Waals surface area contributed by atoms with Gasteiger partial charge in [0, 0.05) is 32.2 Å². The van der Waals surface area contributed by atoms with Crippen molar-refractivity contribution >= 4 is 21.0 Å². The second-order valence-electron chi connectivity index (χ2n) is 5.19. The minimum Gasteiger partial charge on any atom is -0.339 e. The Morgan fingerprint density at radius 1 is 1.15 bits per heavy atom. The standard InChI is InChI=1S/C12H21N3O4S/c1-2-20(18,19)12(17)13-9-11(16)15-7-5-14(6-8-15)10-3-4-10/h10H,2-9H2,1H3,(H,13,17). The molecule has 114 valence electrons. The molecule has 0 aromatic heterocycles. The quantitative estimate of drug-likeness (QED) is 0.752. The first-order valence-corrected chi connectivity index (χ1v) is 8.61. The fourth-order valence-corrected chi connectivity index (χ4v) is 2.83. The maximum atomic E-state index is 11.9. The Bertz CT molecular complexity index is 479. The summed E-state index contributed by atoms with van der Waals surface area (Å²) < 4.78 is 22.5. The number of amides is 2. The molecule has 20 heavy (non-hydrogen) atoms. The summed E-state index contributed by atoms with van der Waals surface area (Å²) >= 11 is 0. The van der Waals surface area contributed by atoms with Crippen molar-refractivity contribution in [3.05, 3.63) is 0 Å². The zero-order valence-electron chi connectivity index (χ0n) is 11.7. The molecule has 1 aliphatic heterocycles. The second kappa shape index (κ2) is 6.09. The molecule has 1 N–H and O–H groups in total. The number of rotatable bonds is 4. The minimum absolute atomic E-state index is 0.222. The van der Waals surface area contributed by atoms with Crippen molar-refractivity contribution in [1.82, 2.24) is 15.1 Å². The van der Waals surface area contributed by atoms with E-state index in [2.05, 4.69) is 10.2 Å². The normalized spacial score (nSPS) is 20.8. The summed E-state index contributed by atoms with van der Waals surface area (Å²) in [7, 11) is -3.77. The van der Waals surface area contributed by atoms with Crippen LogP contribution in [0, 0.1) is 0 Å². The summed E-state index contributed by atoms with van der Waals surface area (Å²) in [6.45, 7) is 4.15. The summed E-state index contributed by atoms with van der Waals surface area (Å²) in [5, 5.41) is 1.12. The zero-order valence-corrected chi connectivity index (χ0v) is 12.5. The molecule has 0 aromatic carbocycles. The van der Waals surface area contributed by atoms with Gasteiger partial charge in [-0.05, 0) is 12.8 Å². The highest BCUT2D eigenvalue weighted by Crippen LogP contribution is 2.27. The number of hydrogen-bond donors (Lipinski definition) is 1. The first-order valence-electron chi connectivity index (χ1n) is 6.96. The van der Waals surface area contributed by atoms with Crippen molar-refractivity contribution in [3.8, 4) is 0 Å². The van der Waals surface area contributed by atoms with E-state index in [1.807, 2.05) is 0 Å². The monoisotopic (exact) mass is 303 g/mol. The summed E-state index contributed by atoms with van der Waals surface area (Å²) in [5.74, 6) is -0.479. The van der Waals surface area contributed by atoms with Gasteiger partial charge in [-0.15, -0.1) is 0 Å². The van der Waals surface area contributed by atoms with Gasteiger partial charge in [0.2, 0.25) is 15.7 Å². The molecular weight excluding hydrogens is 282 g/mol. The van der Waals surface area contributed by atoms with Crippen LogP contribution in [0.1, 0.15) is 19.8 Å². The summed E-state index contributed by atoms with van der Waals surface area (Å²) in [4.78, 5) is 27.3. The molecule has 0 spiro atoms. The molecule has 0 unspecified atom stereocenters. The predicted molar refractivity (Wildman–Crippen MR) is 74.0 cm³/mol. The maximum Gasteiger partial charge on any atom is 0.336 e. The Morgan fingerprint density at radius 2 is 1.75 bits per heavy atom. The van der Waals surface area contributed by atoms with Crippen LogP contribution in [0.25, 0.3) is 0 Å².